The van der Waals surface area contributed by atoms with E-state index in [1.54, 1.807) is 11.0 Å². The second kappa shape index (κ2) is 12.9. The van der Waals surface area contributed by atoms with Crippen molar-refractivity contribution in [1.29, 1.82) is 0 Å². The third-order valence-electron chi connectivity index (χ3n) is 10.9. The second-order valence-corrected chi connectivity index (χ2v) is 15.0. The highest BCUT2D eigenvalue weighted by Crippen LogP contribution is 2.35. The first-order valence-corrected chi connectivity index (χ1v) is 17.8. The number of fused-ring (bicyclic) bond motifs is 3. The normalized spacial score (nSPS) is 25.1. The third-order valence-corrected chi connectivity index (χ3v) is 12.1. The van der Waals surface area contributed by atoms with Gasteiger partial charge in [0.2, 0.25) is 0 Å². The van der Waals surface area contributed by atoms with Gasteiger partial charge < -0.3 is 30.1 Å². The molecule has 4 amide bonds. The summed E-state index contributed by atoms with van der Waals surface area (Å²) in [7, 11) is 2.22. The molecule has 1 aromatic carbocycles. The molecule has 0 spiro atoms. The number of likely N-dealkylation sites (tertiary alicyclic amines) is 4. The fourth-order valence-corrected chi connectivity index (χ4v) is 9.24. The number of rotatable bonds is 6. The van der Waals surface area contributed by atoms with Crippen LogP contribution >= 0.6 is 22.9 Å². The number of amides is 4. The highest BCUT2D eigenvalue weighted by atomic mass is 35.5. The number of halogens is 1. The molecule has 6 heterocycles. The van der Waals surface area contributed by atoms with Gasteiger partial charge in [-0.25, -0.2) is 9.59 Å². The van der Waals surface area contributed by atoms with Crippen molar-refractivity contribution in [3.63, 3.8) is 0 Å². The van der Waals surface area contributed by atoms with E-state index in [0.717, 1.165) is 47.6 Å². The van der Waals surface area contributed by atoms with Gasteiger partial charge in [-0.2, -0.15) is 0 Å². The van der Waals surface area contributed by atoms with Crippen LogP contribution in [0, 0.1) is 6.92 Å². The summed E-state index contributed by atoms with van der Waals surface area (Å²) in [4.78, 5) is 50.9. The number of likely N-dealkylation sites (N-methyl/N-ethyl adjacent to an activating group) is 1. The van der Waals surface area contributed by atoms with Crippen molar-refractivity contribution in [3.05, 3.63) is 45.3 Å². The molecule has 4 fully saturated rings. The number of hydrogen-bond donors (Lipinski definition) is 2. The molecule has 11 nitrogen and oxygen atoms in total. The Morgan fingerprint density at radius 1 is 1.04 bits per heavy atom. The van der Waals surface area contributed by atoms with Crippen LogP contribution in [0.4, 0.5) is 20.3 Å². The topological polar surface area (TPSA) is 115 Å². The summed E-state index contributed by atoms with van der Waals surface area (Å²) < 4.78 is 6.05. The fraction of sp³-hybridized carbons (Fsp3) is 0.606. The van der Waals surface area contributed by atoms with Crippen LogP contribution in [-0.4, -0.2) is 119 Å². The van der Waals surface area contributed by atoms with E-state index >= 15 is 0 Å². The quantitative estimate of drug-likeness (QED) is 0.443. The van der Waals surface area contributed by atoms with Gasteiger partial charge in [0.25, 0.3) is 5.91 Å². The Labute approximate surface area is 279 Å². The second-order valence-electron chi connectivity index (χ2n) is 13.7. The summed E-state index contributed by atoms with van der Waals surface area (Å²) in [6, 6.07) is 7.42. The van der Waals surface area contributed by atoms with Gasteiger partial charge in [0.15, 0.2) is 6.10 Å². The van der Waals surface area contributed by atoms with E-state index in [0.29, 0.717) is 74.4 Å². The number of hydrogen-bond acceptors (Lipinski definition) is 8. The molecule has 0 saturated carbocycles. The lowest BCUT2D eigenvalue weighted by Crippen LogP contribution is -2.55. The molecule has 2 unspecified atom stereocenters. The largest absolute Gasteiger partial charge is 0.436 e. The van der Waals surface area contributed by atoms with Crippen LogP contribution in [0.15, 0.2) is 23.6 Å². The first kappa shape index (κ1) is 31.5. The van der Waals surface area contributed by atoms with Crippen LogP contribution in [0.5, 0.6) is 0 Å². The van der Waals surface area contributed by atoms with Gasteiger partial charge in [0.1, 0.15) is 5.00 Å². The Kier molecular flexibility index (Phi) is 8.81. The predicted molar refractivity (Wildman–Crippen MR) is 179 cm³/mol. The smallest absolute Gasteiger partial charge is 0.410 e. The maximum absolute atomic E-state index is 14.0. The molecule has 7 rings (SSSR count). The molecular weight excluding hydrogens is 626 g/mol. The number of ether oxygens (including phenoxy) is 1. The first-order chi connectivity index (χ1) is 22.1. The van der Waals surface area contributed by atoms with Gasteiger partial charge in [-0.1, -0.05) is 17.7 Å². The zero-order chi connectivity index (χ0) is 32.1. The van der Waals surface area contributed by atoms with Gasteiger partial charge in [-0.05, 0) is 74.7 Å². The molecule has 5 aliphatic heterocycles. The summed E-state index contributed by atoms with van der Waals surface area (Å²) in [5.74, 6) is -0.161. The summed E-state index contributed by atoms with van der Waals surface area (Å²) in [6.45, 7) is 6.91. The number of nitrogens with one attached hydrogen (secondary N) is 1. The van der Waals surface area contributed by atoms with Crippen LogP contribution in [-0.2, 0) is 22.5 Å². The minimum atomic E-state index is -0.970. The molecule has 13 heteroatoms. The molecule has 0 radical (unpaired) electrons. The Balaban J connectivity index is 0.990. The van der Waals surface area contributed by atoms with Gasteiger partial charge >= 0.3 is 12.1 Å². The Morgan fingerprint density at radius 2 is 1.76 bits per heavy atom. The number of nitrogens with zero attached hydrogens (tertiary/aromatic N) is 5. The minimum absolute atomic E-state index is 0.0296. The van der Waals surface area contributed by atoms with E-state index in [-0.39, 0.29) is 24.4 Å². The van der Waals surface area contributed by atoms with Gasteiger partial charge in [-0.3, -0.25) is 15.0 Å². The number of carbonyl (C=O) groups excluding carboxylic acids is 3. The molecule has 3 atom stereocenters. The Morgan fingerprint density at radius 3 is 2.43 bits per heavy atom. The van der Waals surface area contributed by atoms with Crippen LogP contribution in [0.1, 0.15) is 48.8 Å². The summed E-state index contributed by atoms with van der Waals surface area (Å²) >= 11 is 7.94. The van der Waals surface area contributed by atoms with Crippen molar-refractivity contribution in [3.8, 4) is 0 Å². The molecule has 3 N–H and O–H groups in total. The standard InChI is InChI=1S/C33H44ClN7O4S/c1-20-13-21(14-27(34)29(20)35)15-28(31(42)38-8-3-23(4-9-38)40-19-25-16-26(40)18-37(25)2)45-33(44)39-10-5-24(6-11-39)41-17-22-7-12-46-30(22)36-32(41)43/h7,12-14,23-26,28H,3-6,8-11,15-19,35H2,1-2H3,(H,36,43)/t25?,26?,28-/m1/s1. The number of benzene rings is 1. The van der Waals surface area contributed by atoms with Crippen molar-refractivity contribution in [2.45, 2.75) is 82.3 Å². The predicted octanol–water partition coefficient (Wildman–Crippen LogP) is 4.23. The number of thiophene rings is 1. The zero-order valence-electron chi connectivity index (χ0n) is 26.6. The molecule has 248 valence electrons. The van der Waals surface area contributed by atoms with Crippen LogP contribution in [0.3, 0.4) is 0 Å². The lowest BCUT2D eigenvalue weighted by molar-refractivity contribution is -0.142. The number of urea groups is 1. The van der Waals surface area contributed by atoms with E-state index < -0.39 is 12.2 Å². The van der Waals surface area contributed by atoms with Crippen molar-refractivity contribution in [2.75, 3.05) is 57.4 Å². The number of nitrogens with two attached hydrogens (primary N) is 1. The summed E-state index contributed by atoms with van der Waals surface area (Å²) in [5.41, 5.74) is 9.35. The molecule has 0 aliphatic carbocycles. The first-order valence-electron chi connectivity index (χ1n) is 16.5. The van der Waals surface area contributed by atoms with E-state index in [9.17, 15) is 14.4 Å². The average molecular weight is 670 g/mol. The van der Waals surface area contributed by atoms with Crippen LogP contribution < -0.4 is 11.1 Å². The van der Waals surface area contributed by atoms with Crippen LogP contribution in [0.25, 0.3) is 0 Å². The number of piperidine rings is 2. The fourth-order valence-electron chi connectivity index (χ4n) is 8.15. The molecule has 2 bridgehead atoms. The summed E-state index contributed by atoms with van der Waals surface area (Å²) in [6.07, 6.45) is 3.15. The molecule has 5 aliphatic rings. The third kappa shape index (κ3) is 6.16. The number of anilines is 2. The van der Waals surface area contributed by atoms with Gasteiger partial charge in [0, 0.05) is 75.4 Å². The number of piperazine rings is 1. The molecule has 4 saturated heterocycles. The van der Waals surface area contributed by atoms with Gasteiger partial charge in [0.05, 0.1) is 17.3 Å². The van der Waals surface area contributed by atoms with Gasteiger partial charge in [-0.15, -0.1) is 11.3 Å². The number of carbonyl (C=O) groups is 3. The van der Waals surface area contributed by atoms with Crippen molar-refractivity contribution in [2.24, 2.45) is 0 Å². The monoisotopic (exact) mass is 669 g/mol. The lowest BCUT2D eigenvalue weighted by Gasteiger charge is -2.42. The van der Waals surface area contributed by atoms with E-state index in [4.69, 9.17) is 22.1 Å². The Hall–Kier alpha value is -3.06. The van der Waals surface area contributed by atoms with Crippen molar-refractivity contribution >= 4 is 51.7 Å². The highest BCUT2D eigenvalue weighted by Gasteiger charge is 2.45. The van der Waals surface area contributed by atoms with Crippen molar-refractivity contribution < 1.29 is 19.1 Å². The van der Waals surface area contributed by atoms with E-state index in [2.05, 4.69) is 22.2 Å². The van der Waals surface area contributed by atoms with E-state index in [1.165, 1.54) is 17.8 Å². The van der Waals surface area contributed by atoms with Crippen molar-refractivity contribution in [1.82, 2.24) is 24.5 Å². The van der Waals surface area contributed by atoms with Crippen LogP contribution in [0.2, 0.25) is 5.02 Å². The SMILES string of the molecule is Cc1cc(C[C@@H](OC(=O)N2CCC(N3Cc4ccsc4NC3=O)CC2)C(=O)N2CCC(N3CC4CC3CN4C)CC2)cc(Cl)c1N. The Bertz CT molecular complexity index is 1460. The number of aryl methyl sites for hydroxylation is 1. The average Bonchev–Trinajstić information content (AvgIpc) is 3.78. The molecule has 1 aromatic heterocycles. The molecule has 2 aromatic rings. The maximum atomic E-state index is 14.0. The maximum Gasteiger partial charge on any atom is 0.410 e. The highest BCUT2D eigenvalue weighted by molar-refractivity contribution is 7.14. The summed E-state index contributed by atoms with van der Waals surface area (Å²) in [5, 5.41) is 6.32. The van der Waals surface area contributed by atoms with E-state index in [1.807, 2.05) is 34.2 Å². The molecule has 46 heavy (non-hydrogen) atoms. The number of nitrogen functional groups attached to an aromatic ring is 1. The minimum Gasteiger partial charge on any atom is -0.436 e. The lowest BCUT2D eigenvalue weighted by atomic mass is 9.99. The molecular formula is C33H44ClN7O4S. The zero-order valence-corrected chi connectivity index (χ0v) is 28.2.